The lowest BCUT2D eigenvalue weighted by Gasteiger charge is -2.21. The topological polar surface area (TPSA) is 75.8 Å². The Morgan fingerprint density at radius 1 is 1.56 bits per heavy atom. The zero-order valence-electron chi connectivity index (χ0n) is 10.4. The largest absolute Gasteiger partial charge is 0.465 e. The third-order valence-electron chi connectivity index (χ3n) is 2.59. The minimum absolute atomic E-state index is 0.126. The van der Waals surface area contributed by atoms with Crippen LogP contribution in [0.4, 0.5) is 11.4 Å². The third-order valence-corrected chi connectivity index (χ3v) is 3.22. The summed E-state index contributed by atoms with van der Waals surface area (Å²) in [4.78, 5) is 13.5. The van der Waals surface area contributed by atoms with Gasteiger partial charge in [0.2, 0.25) is 0 Å². The molecule has 1 aromatic rings. The van der Waals surface area contributed by atoms with Gasteiger partial charge in [-0.1, -0.05) is 0 Å². The monoisotopic (exact) mass is 316 g/mol. The van der Waals surface area contributed by atoms with E-state index >= 15 is 0 Å². The Bertz CT molecular complexity index is 438. The number of rotatable bonds is 5. The lowest BCUT2D eigenvalue weighted by molar-refractivity contribution is 0.0602. The lowest BCUT2D eigenvalue weighted by atomic mass is 10.1. The molecule has 0 unspecified atom stereocenters. The van der Waals surface area contributed by atoms with Crippen molar-refractivity contribution >= 4 is 33.3 Å². The molecule has 0 aromatic heterocycles. The van der Waals surface area contributed by atoms with Gasteiger partial charge >= 0.3 is 5.97 Å². The zero-order valence-corrected chi connectivity index (χ0v) is 12.0. The average molecular weight is 317 g/mol. The summed E-state index contributed by atoms with van der Waals surface area (Å²) >= 11 is 3.41. The molecule has 6 heteroatoms. The van der Waals surface area contributed by atoms with Gasteiger partial charge in [-0.05, 0) is 34.5 Å². The van der Waals surface area contributed by atoms with Gasteiger partial charge in [0.05, 0.1) is 18.4 Å². The van der Waals surface area contributed by atoms with Crippen LogP contribution in [0.3, 0.4) is 0 Å². The molecule has 0 amide bonds. The fourth-order valence-corrected chi connectivity index (χ4v) is 2.25. The van der Waals surface area contributed by atoms with Gasteiger partial charge in [-0.25, -0.2) is 4.79 Å². The van der Waals surface area contributed by atoms with E-state index in [1.54, 1.807) is 12.1 Å². The minimum atomic E-state index is -0.461. The van der Waals surface area contributed by atoms with Crippen LogP contribution in [0, 0.1) is 0 Å². The molecule has 18 heavy (non-hydrogen) atoms. The van der Waals surface area contributed by atoms with Crippen LogP contribution in [0.2, 0.25) is 0 Å². The summed E-state index contributed by atoms with van der Waals surface area (Å²) in [7, 11) is 3.20. The summed E-state index contributed by atoms with van der Waals surface area (Å²) in [5.74, 6) is -0.461. The zero-order chi connectivity index (χ0) is 13.7. The maximum Gasteiger partial charge on any atom is 0.340 e. The van der Waals surface area contributed by atoms with E-state index in [0.717, 1.165) is 10.2 Å². The summed E-state index contributed by atoms with van der Waals surface area (Å²) < 4.78 is 5.48. The number of aliphatic hydroxyl groups excluding tert-OH is 1. The van der Waals surface area contributed by atoms with E-state index in [-0.39, 0.29) is 6.61 Å². The molecule has 0 aliphatic carbocycles. The van der Waals surface area contributed by atoms with E-state index in [1.165, 1.54) is 7.11 Å². The Morgan fingerprint density at radius 3 is 2.78 bits per heavy atom. The highest BCUT2D eigenvalue weighted by atomic mass is 79.9. The summed E-state index contributed by atoms with van der Waals surface area (Å²) in [6, 6.07) is 3.36. The summed E-state index contributed by atoms with van der Waals surface area (Å²) in [6.07, 6.45) is 0.654. The number of benzene rings is 1. The predicted octanol–water partition coefficient (Wildman–Crippen LogP) is 1.64. The maximum atomic E-state index is 11.6. The second-order valence-electron chi connectivity index (χ2n) is 3.88. The lowest BCUT2D eigenvalue weighted by Crippen LogP contribution is -2.20. The Kier molecular flexibility index (Phi) is 5.43. The molecule has 0 saturated heterocycles. The van der Waals surface area contributed by atoms with Crippen molar-refractivity contribution in [2.75, 3.05) is 37.9 Å². The molecule has 0 saturated carbocycles. The number of hydrogen-bond donors (Lipinski definition) is 2. The Morgan fingerprint density at radius 2 is 2.22 bits per heavy atom. The van der Waals surface area contributed by atoms with Crippen molar-refractivity contribution in [1.29, 1.82) is 0 Å². The highest BCUT2D eigenvalue weighted by Gasteiger charge is 2.15. The second-order valence-corrected chi connectivity index (χ2v) is 4.74. The Hall–Kier alpha value is -1.27. The molecule has 0 heterocycles. The average Bonchev–Trinajstić information content (AvgIpc) is 2.35. The highest BCUT2D eigenvalue weighted by molar-refractivity contribution is 9.10. The van der Waals surface area contributed by atoms with Crippen LogP contribution in [0.25, 0.3) is 0 Å². The van der Waals surface area contributed by atoms with Crippen LogP contribution >= 0.6 is 15.9 Å². The molecule has 0 spiro atoms. The van der Waals surface area contributed by atoms with Crippen LogP contribution in [-0.4, -0.2) is 38.4 Å². The number of methoxy groups -OCH3 is 1. The number of anilines is 2. The molecule has 1 aromatic carbocycles. The number of nitrogen functional groups attached to an aromatic ring is 1. The van der Waals surface area contributed by atoms with Gasteiger partial charge in [-0.15, -0.1) is 0 Å². The van der Waals surface area contributed by atoms with E-state index in [4.69, 9.17) is 10.8 Å². The summed E-state index contributed by atoms with van der Waals surface area (Å²) in [5, 5.41) is 8.82. The van der Waals surface area contributed by atoms with Crippen LogP contribution in [0.5, 0.6) is 0 Å². The van der Waals surface area contributed by atoms with Crippen molar-refractivity contribution in [2.45, 2.75) is 6.42 Å². The summed E-state index contributed by atoms with van der Waals surface area (Å²) in [6.45, 7) is 0.806. The van der Waals surface area contributed by atoms with Gasteiger partial charge in [0.1, 0.15) is 0 Å². The fraction of sp³-hybridized carbons (Fsp3) is 0.417. The first-order valence-electron chi connectivity index (χ1n) is 5.50. The number of hydrogen-bond acceptors (Lipinski definition) is 5. The molecule has 0 radical (unpaired) electrons. The van der Waals surface area contributed by atoms with Crippen LogP contribution in [-0.2, 0) is 4.74 Å². The van der Waals surface area contributed by atoms with E-state index in [1.807, 2.05) is 11.9 Å². The minimum Gasteiger partial charge on any atom is -0.465 e. The number of halogens is 1. The van der Waals surface area contributed by atoms with E-state index in [0.29, 0.717) is 24.2 Å². The number of aliphatic hydroxyl groups is 1. The SMILES string of the molecule is COC(=O)c1cc(N(C)CCCO)c(Br)cc1N. The molecule has 0 aliphatic heterocycles. The first kappa shape index (κ1) is 14.8. The Balaban J connectivity index is 3.08. The standard InChI is InChI=1S/C12H17BrN2O3/c1-15(4-3-5-16)11-6-8(12(17)18-2)10(14)7-9(11)13/h6-7,16H,3-5,14H2,1-2H3. The molecule has 1 rings (SSSR count). The van der Waals surface area contributed by atoms with Gasteiger partial charge in [0, 0.05) is 30.4 Å². The quantitative estimate of drug-likeness (QED) is 0.638. The first-order valence-corrected chi connectivity index (χ1v) is 6.30. The van der Waals surface area contributed by atoms with Gasteiger partial charge in [0.15, 0.2) is 0 Å². The number of nitrogens with two attached hydrogens (primary N) is 1. The summed E-state index contributed by atoms with van der Waals surface area (Å²) in [5.41, 5.74) is 7.32. The molecule has 3 N–H and O–H groups in total. The molecule has 0 aliphatic rings. The van der Waals surface area contributed by atoms with Gasteiger partial charge in [-0.2, -0.15) is 0 Å². The second kappa shape index (κ2) is 6.61. The van der Waals surface area contributed by atoms with Crippen molar-refractivity contribution in [3.8, 4) is 0 Å². The van der Waals surface area contributed by atoms with E-state index in [9.17, 15) is 4.79 Å². The maximum absolute atomic E-state index is 11.6. The predicted molar refractivity (Wildman–Crippen MR) is 74.9 cm³/mol. The molecule has 100 valence electrons. The van der Waals surface area contributed by atoms with Gasteiger partial charge in [-0.3, -0.25) is 0 Å². The number of nitrogens with zero attached hydrogens (tertiary/aromatic N) is 1. The number of ether oxygens (including phenoxy) is 1. The highest BCUT2D eigenvalue weighted by Crippen LogP contribution is 2.31. The molecule has 0 fully saturated rings. The smallest absolute Gasteiger partial charge is 0.340 e. The van der Waals surface area contributed by atoms with Crippen molar-refractivity contribution < 1.29 is 14.6 Å². The van der Waals surface area contributed by atoms with E-state index < -0.39 is 5.97 Å². The van der Waals surface area contributed by atoms with Crippen LogP contribution in [0.15, 0.2) is 16.6 Å². The first-order chi connectivity index (χ1) is 8.51. The number of esters is 1. The molecular formula is C12H17BrN2O3. The molecule has 5 nitrogen and oxygen atoms in total. The number of carbonyl (C=O) groups is 1. The molecule has 0 bridgehead atoms. The van der Waals surface area contributed by atoms with Crippen molar-refractivity contribution in [1.82, 2.24) is 0 Å². The van der Waals surface area contributed by atoms with E-state index in [2.05, 4.69) is 20.7 Å². The molecular weight excluding hydrogens is 300 g/mol. The Labute approximate surface area is 115 Å². The van der Waals surface area contributed by atoms with Crippen molar-refractivity contribution in [3.05, 3.63) is 22.2 Å². The number of carbonyl (C=O) groups excluding carboxylic acids is 1. The fourth-order valence-electron chi connectivity index (χ4n) is 1.58. The van der Waals surface area contributed by atoms with Gasteiger partial charge < -0.3 is 20.5 Å². The van der Waals surface area contributed by atoms with Crippen LogP contribution < -0.4 is 10.6 Å². The molecule has 0 atom stereocenters. The van der Waals surface area contributed by atoms with Gasteiger partial charge in [0.25, 0.3) is 0 Å². The van der Waals surface area contributed by atoms with Crippen molar-refractivity contribution in [2.24, 2.45) is 0 Å². The van der Waals surface area contributed by atoms with Crippen molar-refractivity contribution in [3.63, 3.8) is 0 Å². The normalized spacial score (nSPS) is 10.2. The third kappa shape index (κ3) is 3.36. The van der Waals surface area contributed by atoms with Crippen LogP contribution in [0.1, 0.15) is 16.8 Å².